The summed E-state index contributed by atoms with van der Waals surface area (Å²) in [6, 6.07) is -1.61. The van der Waals surface area contributed by atoms with Crippen molar-refractivity contribution in [2.75, 3.05) is 0 Å². The Kier molecular flexibility index (Phi) is 4.07. The molecule has 2 atom stereocenters. The Balaban J connectivity index is 4.29. The lowest BCUT2D eigenvalue weighted by molar-refractivity contribution is -0.141. The van der Waals surface area contributed by atoms with Crippen LogP contribution in [-0.2, 0) is 9.59 Å². The van der Waals surface area contributed by atoms with E-state index in [9.17, 15) is 9.59 Å². The Morgan fingerprint density at radius 2 is 1.79 bits per heavy atom. The number of carbonyl (C=O) groups is 2. The molecule has 0 saturated heterocycles. The fraction of sp³-hybridized carbons (Fsp3) is 0.778. The molecule has 0 aromatic rings. The molecular formula is C9H18N2O3. The van der Waals surface area contributed by atoms with Gasteiger partial charge in [-0.3, -0.25) is 9.59 Å². The number of nitrogens with one attached hydrogen (secondary N) is 1. The summed E-state index contributed by atoms with van der Waals surface area (Å²) >= 11 is 0. The van der Waals surface area contributed by atoms with Crippen molar-refractivity contribution in [2.45, 2.75) is 39.8 Å². The predicted molar refractivity (Wildman–Crippen MR) is 52.7 cm³/mol. The largest absolute Gasteiger partial charge is 0.480 e. The van der Waals surface area contributed by atoms with Gasteiger partial charge in [-0.1, -0.05) is 20.8 Å². The van der Waals surface area contributed by atoms with E-state index in [-0.39, 0.29) is 5.41 Å². The molecule has 0 aliphatic rings. The molecule has 0 aliphatic heterocycles. The fourth-order valence-electron chi connectivity index (χ4n) is 0.758. The lowest BCUT2D eigenvalue weighted by atomic mass is 9.87. The molecule has 0 radical (unpaired) electrons. The predicted octanol–water partition coefficient (Wildman–Crippen LogP) is -0.0509. The van der Waals surface area contributed by atoms with Gasteiger partial charge in [0, 0.05) is 0 Å². The molecule has 82 valence electrons. The zero-order valence-corrected chi connectivity index (χ0v) is 9.00. The summed E-state index contributed by atoms with van der Waals surface area (Å²) in [5.74, 6) is -1.51. The van der Waals surface area contributed by atoms with Crippen LogP contribution in [0.1, 0.15) is 27.7 Å². The average molecular weight is 202 g/mol. The Bertz CT molecular complexity index is 233. The van der Waals surface area contributed by atoms with Crippen molar-refractivity contribution in [3.8, 4) is 0 Å². The first-order valence-corrected chi connectivity index (χ1v) is 4.45. The zero-order chi connectivity index (χ0) is 11.5. The number of carboxylic acids is 1. The Labute approximate surface area is 83.7 Å². The van der Waals surface area contributed by atoms with Crippen molar-refractivity contribution in [2.24, 2.45) is 11.1 Å². The molecule has 0 fully saturated rings. The third-order valence-electron chi connectivity index (χ3n) is 1.94. The van der Waals surface area contributed by atoms with Crippen LogP contribution >= 0.6 is 0 Å². The lowest BCUT2D eigenvalue weighted by Crippen LogP contribution is -2.52. The van der Waals surface area contributed by atoms with E-state index in [2.05, 4.69) is 5.32 Å². The molecule has 0 rings (SSSR count). The van der Waals surface area contributed by atoms with E-state index in [1.807, 2.05) is 20.8 Å². The third kappa shape index (κ3) is 3.74. The summed E-state index contributed by atoms with van der Waals surface area (Å²) in [4.78, 5) is 21.9. The Morgan fingerprint density at radius 3 is 2.07 bits per heavy atom. The van der Waals surface area contributed by atoms with Crippen LogP contribution < -0.4 is 11.1 Å². The van der Waals surface area contributed by atoms with Gasteiger partial charge in [-0.25, -0.2) is 0 Å². The zero-order valence-electron chi connectivity index (χ0n) is 9.00. The molecule has 4 N–H and O–H groups in total. The fourth-order valence-corrected chi connectivity index (χ4v) is 0.758. The molecule has 0 aliphatic carbocycles. The maximum atomic E-state index is 11.4. The van der Waals surface area contributed by atoms with Crippen molar-refractivity contribution in [1.82, 2.24) is 5.32 Å². The highest BCUT2D eigenvalue weighted by Crippen LogP contribution is 2.17. The van der Waals surface area contributed by atoms with E-state index in [4.69, 9.17) is 10.8 Å². The van der Waals surface area contributed by atoms with Crippen LogP contribution in [0.25, 0.3) is 0 Å². The number of rotatable bonds is 3. The normalized spacial score (nSPS) is 15.8. The first-order valence-electron chi connectivity index (χ1n) is 4.45. The standard InChI is InChI=1S/C9H18N2O3/c1-5(8(13)14)11-7(12)6(10)9(2,3)4/h5-6H,10H2,1-4H3,(H,11,12)(H,13,14)/t5?,6-/m1/s1. The minimum absolute atomic E-state index is 0.373. The van der Waals surface area contributed by atoms with E-state index in [0.29, 0.717) is 0 Å². The summed E-state index contributed by atoms with van der Waals surface area (Å²) in [7, 11) is 0. The highest BCUT2D eigenvalue weighted by Gasteiger charge is 2.29. The number of aliphatic carboxylic acids is 1. The van der Waals surface area contributed by atoms with Crippen LogP contribution in [0.5, 0.6) is 0 Å². The Hall–Kier alpha value is -1.10. The van der Waals surface area contributed by atoms with E-state index in [0.717, 1.165) is 0 Å². The number of amides is 1. The first-order chi connectivity index (χ1) is 6.16. The van der Waals surface area contributed by atoms with Gasteiger partial charge in [0.05, 0.1) is 6.04 Å². The van der Waals surface area contributed by atoms with Crippen molar-refractivity contribution in [3.05, 3.63) is 0 Å². The first kappa shape index (κ1) is 12.9. The Morgan fingerprint density at radius 1 is 1.36 bits per heavy atom. The van der Waals surface area contributed by atoms with Gasteiger partial charge in [-0.15, -0.1) is 0 Å². The summed E-state index contributed by atoms with van der Waals surface area (Å²) in [6.07, 6.45) is 0. The quantitative estimate of drug-likeness (QED) is 0.598. The van der Waals surface area contributed by atoms with Crippen LogP contribution in [0.15, 0.2) is 0 Å². The summed E-state index contributed by atoms with van der Waals surface area (Å²) in [5.41, 5.74) is 5.27. The molecule has 0 saturated carbocycles. The second kappa shape index (κ2) is 4.41. The second-order valence-corrected chi connectivity index (χ2v) is 4.41. The van der Waals surface area contributed by atoms with Gasteiger partial charge in [0.2, 0.25) is 5.91 Å². The van der Waals surface area contributed by atoms with Gasteiger partial charge in [0.15, 0.2) is 0 Å². The maximum absolute atomic E-state index is 11.4. The molecule has 5 nitrogen and oxygen atoms in total. The summed E-state index contributed by atoms with van der Waals surface area (Å²) < 4.78 is 0. The van der Waals surface area contributed by atoms with Crippen molar-refractivity contribution >= 4 is 11.9 Å². The van der Waals surface area contributed by atoms with Crippen LogP contribution in [0.2, 0.25) is 0 Å². The molecule has 0 spiro atoms. The van der Waals surface area contributed by atoms with Crippen LogP contribution in [-0.4, -0.2) is 29.1 Å². The summed E-state index contributed by atoms with van der Waals surface area (Å²) in [5, 5.41) is 10.9. The highest BCUT2D eigenvalue weighted by atomic mass is 16.4. The van der Waals surface area contributed by atoms with Gasteiger partial charge < -0.3 is 16.2 Å². The highest BCUT2D eigenvalue weighted by molar-refractivity contribution is 5.87. The van der Waals surface area contributed by atoms with E-state index in [1.165, 1.54) is 6.92 Å². The molecule has 0 heterocycles. The average Bonchev–Trinajstić information content (AvgIpc) is 2.00. The van der Waals surface area contributed by atoms with E-state index >= 15 is 0 Å². The minimum Gasteiger partial charge on any atom is -0.480 e. The molecule has 0 aromatic heterocycles. The minimum atomic E-state index is -1.07. The lowest BCUT2D eigenvalue weighted by Gasteiger charge is -2.26. The third-order valence-corrected chi connectivity index (χ3v) is 1.94. The molecule has 1 amide bonds. The molecular weight excluding hydrogens is 184 g/mol. The number of hydrogen-bond donors (Lipinski definition) is 3. The van der Waals surface area contributed by atoms with E-state index < -0.39 is 24.0 Å². The van der Waals surface area contributed by atoms with Crippen molar-refractivity contribution in [3.63, 3.8) is 0 Å². The SMILES string of the molecule is CC(NC(=O)[C@@H](N)C(C)(C)C)C(=O)O. The van der Waals surface area contributed by atoms with E-state index in [1.54, 1.807) is 0 Å². The molecule has 14 heavy (non-hydrogen) atoms. The van der Waals surface area contributed by atoms with Crippen molar-refractivity contribution < 1.29 is 14.7 Å². The van der Waals surface area contributed by atoms with Crippen LogP contribution in [0.4, 0.5) is 0 Å². The number of carbonyl (C=O) groups excluding carboxylic acids is 1. The molecule has 5 heteroatoms. The van der Waals surface area contributed by atoms with Gasteiger partial charge in [0.25, 0.3) is 0 Å². The smallest absolute Gasteiger partial charge is 0.325 e. The number of nitrogens with two attached hydrogens (primary N) is 1. The monoisotopic (exact) mass is 202 g/mol. The van der Waals surface area contributed by atoms with Crippen LogP contribution in [0.3, 0.4) is 0 Å². The number of hydrogen-bond acceptors (Lipinski definition) is 3. The molecule has 0 bridgehead atoms. The van der Waals surface area contributed by atoms with Gasteiger partial charge in [-0.05, 0) is 12.3 Å². The number of carboxylic acid groups (broad SMARTS) is 1. The van der Waals surface area contributed by atoms with Gasteiger partial charge in [0.1, 0.15) is 6.04 Å². The molecule has 0 aromatic carbocycles. The topological polar surface area (TPSA) is 92.4 Å². The summed E-state index contributed by atoms with van der Waals surface area (Å²) in [6.45, 7) is 6.86. The van der Waals surface area contributed by atoms with Gasteiger partial charge in [-0.2, -0.15) is 0 Å². The van der Waals surface area contributed by atoms with Crippen LogP contribution in [0, 0.1) is 5.41 Å². The van der Waals surface area contributed by atoms with Crippen molar-refractivity contribution in [1.29, 1.82) is 0 Å². The maximum Gasteiger partial charge on any atom is 0.325 e. The molecule has 1 unspecified atom stereocenters. The van der Waals surface area contributed by atoms with Gasteiger partial charge >= 0.3 is 5.97 Å². The second-order valence-electron chi connectivity index (χ2n) is 4.41.